The Morgan fingerprint density at radius 1 is 0.969 bits per heavy atom. The molecule has 1 saturated heterocycles. The predicted octanol–water partition coefficient (Wildman–Crippen LogP) is 5.11. The molecular weight excluding hydrogens is 398 g/mol. The molecule has 1 aliphatic carbocycles. The number of amides is 2. The predicted molar refractivity (Wildman–Crippen MR) is 129 cm³/mol. The van der Waals surface area contributed by atoms with Gasteiger partial charge in [0.15, 0.2) is 0 Å². The van der Waals surface area contributed by atoms with E-state index in [2.05, 4.69) is 80.2 Å². The van der Waals surface area contributed by atoms with Crippen LogP contribution in [-0.4, -0.2) is 60.1 Å². The van der Waals surface area contributed by atoms with Gasteiger partial charge in [-0.05, 0) is 76.9 Å². The van der Waals surface area contributed by atoms with E-state index in [1.807, 2.05) is 17.0 Å². The zero-order valence-electron chi connectivity index (χ0n) is 20.2. The Hall–Kier alpha value is -2.53. The first-order chi connectivity index (χ1) is 15.3. The van der Waals surface area contributed by atoms with Gasteiger partial charge in [-0.25, -0.2) is 4.79 Å². The van der Waals surface area contributed by atoms with E-state index in [1.54, 1.807) is 7.11 Å². The number of benzene rings is 2. The molecule has 2 aliphatic rings. The van der Waals surface area contributed by atoms with Gasteiger partial charge < -0.3 is 14.5 Å². The van der Waals surface area contributed by atoms with Crippen molar-refractivity contribution in [1.29, 1.82) is 0 Å². The summed E-state index contributed by atoms with van der Waals surface area (Å²) in [5.74, 6) is 0.843. The third-order valence-electron chi connectivity index (χ3n) is 7.70. The number of nitrogens with zero attached hydrogens (tertiary/aromatic N) is 3. The van der Waals surface area contributed by atoms with Crippen molar-refractivity contribution in [2.75, 3.05) is 27.7 Å². The van der Waals surface area contributed by atoms with E-state index < -0.39 is 0 Å². The van der Waals surface area contributed by atoms with Crippen LogP contribution in [0.4, 0.5) is 4.79 Å². The first-order valence-electron chi connectivity index (χ1n) is 11.8. The maximum atomic E-state index is 13.5. The number of carbonyl (C=O) groups is 1. The monoisotopic (exact) mass is 435 g/mol. The minimum absolute atomic E-state index is 0.0294. The summed E-state index contributed by atoms with van der Waals surface area (Å²) in [6, 6.07) is 19.3. The molecule has 1 spiro atoms. The summed E-state index contributed by atoms with van der Waals surface area (Å²) in [5, 5.41) is 0. The van der Waals surface area contributed by atoms with Crippen LogP contribution in [0.1, 0.15) is 50.7 Å². The number of urea groups is 1. The lowest BCUT2D eigenvalue weighted by molar-refractivity contribution is 0.0155. The topological polar surface area (TPSA) is 36.0 Å². The summed E-state index contributed by atoms with van der Waals surface area (Å²) in [5.41, 5.74) is 2.46. The van der Waals surface area contributed by atoms with Gasteiger partial charge in [-0.2, -0.15) is 0 Å². The van der Waals surface area contributed by atoms with Crippen molar-refractivity contribution in [3.63, 3.8) is 0 Å². The van der Waals surface area contributed by atoms with E-state index in [0.717, 1.165) is 43.5 Å². The molecule has 2 aromatic carbocycles. The molecule has 1 aliphatic heterocycles. The molecule has 2 fully saturated rings. The molecule has 1 saturated carbocycles. The number of rotatable bonds is 6. The largest absolute Gasteiger partial charge is 0.497 e. The quantitative estimate of drug-likeness (QED) is 0.632. The Labute approximate surface area is 193 Å². The van der Waals surface area contributed by atoms with Crippen LogP contribution in [0, 0.1) is 0 Å². The van der Waals surface area contributed by atoms with Crippen molar-refractivity contribution >= 4 is 6.03 Å². The molecule has 0 atom stereocenters. The van der Waals surface area contributed by atoms with E-state index >= 15 is 0 Å². The molecule has 172 valence electrons. The molecule has 5 nitrogen and oxygen atoms in total. The Bertz CT molecular complexity index is 916. The third kappa shape index (κ3) is 3.88. The van der Waals surface area contributed by atoms with E-state index in [1.165, 1.54) is 5.56 Å². The zero-order valence-corrected chi connectivity index (χ0v) is 20.2. The van der Waals surface area contributed by atoms with Gasteiger partial charge in [0.1, 0.15) is 5.75 Å². The molecule has 2 aromatic rings. The minimum atomic E-state index is -0.0913. The summed E-state index contributed by atoms with van der Waals surface area (Å²) >= 11 is 0. The Morgan fingerprint density at radius 2 is 1.59 bits per heavy atom. The van der Waals surface area contributed by atoms with Crippen LogP contribution in [0.25, 0.3) is 0 Å². The van der Waals surface area contributed by atoms with Crippen molar-refractivity contribution in [1.82, 2.24) is 14.7 Å². The fourth-order valence-corrected chi connectivity index (χ4v) is 5.97. The van der Waals surface area contributed by atoms with Crippen LogP contribution >= 0.6 is 0 Å². The second-order valence-electron chi connectivity index (χ2n) is 9.97. The molecule has 0 radical (unpaired) electrons. The molecular formula is C27H37N3O2. The summed E-state index contributed by atoms with van der Waals surface area (Å²) < 4.78 is 5.28. The lowest BCUT2D eigenvalue weighted by atomic mass is 9.68. The first kappa shape index (κ1) is 22.7. The highest BCUT2D eigenvalue weighted by Gasteiger charge is 2.55. The fraction of sp³-hybridized carbons (Fsp3) is 0.519. The van der Waals surface area contributed by atoms with E-state index in [-0.39, 0.29) is 23.2 Å². The third-order valence-corrected chi connectivity index (χ3v) is 7.70. The molecule has 1 heterocycles. The number of carbonyl (C=O) groups excluding carboxylic acids is 1. The number of methoxy groups -OCH3 is 1. The Balaban J connectivity index is 1.57. The molecule has 0 N–H and O–H groups in total. The van der Waals surface area contributed by atoms with Gasteiger partial charge in [-0.15, -0.1) is 0 Å². The normalized spacial score (nSPS) is 25.9. The van der Waals surface area contributed by atoms with Crippen molar-refractivity contribution in [3.05, 3.63) is 65.7 Å². The Kier molecular flexibility index (Phi) is 6.22. The van der Waals surface area contributed by atoms with Crippen LogP contribution in [0.15, 0.2) is 54.6 Å². The standard InChI is InChI=1S/C27H37N3O2/c1-21(2)30-25(31)29(19-22-11-13-24(32-5)14-12-22)20-26(30)15-17-27(18-16-26,28(3)4)23-9-7-6-8-10-23/h6-14,21H,15-20H2,1-5H3/t26-,27+. The van der Waals surface area contributed by atoms with E-state index in [9.17, 15) is 4.79 Å². The molecule has 0 aromatic heterocycles. The van der Waals surface area contributed by atoms with Gasteiger partial charge in [-0.3, -0.25) is 4.90 Å². The van der Waals surface area contributed by atoms with Crippen LogP contribution < -0.4 is 4.74 Å². The van der Waals surface area contributed by atoms with Gasteiger partial charge in [0, 0.05) is 24.7 Å². The van der Waals surface area contributed by atoms with E-state index in [4.69, 9.17) is 4.74 Å². The molecule has 0 unspecified atom stereocenters. The smallest absolute Gasteiger partial charge is 0.321 e. The van der Waals surface area contributed by atoms with Crippen molar-refractivity contribution in [3.8, 4) is 5.75 Å². The van der Waals surface area contributed by atoms with Gasteiger partial charge >= 0.3 is 6.03 Å². The summed E-state index contributed by atoms with van der Waals surface area (Å²) in [4.78, 5) is 20.1. The highest BCUT2D eigenvalue weighted by atomic mass is 16.5. The summed E-state index contributed by atoms with van der Waals surface area (Å²) in [6.45, 7) is 5.75. The van der Waals surface area contributed by atoms with Gasteiger partial charge in [0.25, 0.3) is 0 Å². The minimum Gasteiger partial charge on any atom is -0.497 e. The molecule has 2 amide bonds. The van der Waals surface area contributed by atoms with Crippen molar-refractivity contribution in [2.45, 2.75) is 63.2 Å². The van der Waals surface area contributed by atoms with Crippen molar-refractivity contribution in [2.24, 2.45) is 0 Å². The van der Waals surface area contributed by atoms with Gasteiger partial charge in [0.05, 0.1) is 12.6 Å². The molecule has 0 bridgehead atoms. The SMILES string of the molecule is COc1ccc(CN2C[C@]3(CC[C@](c4ccccc4)(N(C)C)CC3)N(C(C)C)C2=O)cc1. The maximum absolute atomic E-state index is 13.5. The highest BCUT2D eigenvalue weighted by Crippen LogP contribution is 2.49. The number of hydrogen-bond donors (Lipinski definition) is 0. The van der Waals surface area contributed by atoms with Crippen molar-refractivity contribution < 1.29 is 9.53 Å². The van der Waals surface area contributed by atoms with Crippen LogP contribution in [0.2, 0.25) is 0 Å². The molecule has 5 heteroatoms. The average Bonchev–Trinajstić information content (AvgIpc) is 3.06. The number of hydrogen-bond acceptors (Lipinski definition) is 3. The first-order valence-corrected chi connectivity index (χ1v) is 11.8. The Morgan fingerprint density at radius 3 is 2.12 bits per heavy atom. The second-order valence-corrected chi connectivity index (χ2v) is 9.97. The van der Waals surface area contributed by atoms with Crippen LogP contribution in [0.5, 0.6) is 5.75 Å². The highest BCUT2D eigenvalue weighted by molar-refractivity contribution is 5.78. The van der Waals surface area contributed by atoms with E-state index in [0.29, 0.717) is 6.54 Å². The van der Waals surface area contributed by atoms with Gasteiger partial charge in [0.2, 0.25) is 0 Å². The zero-order chi connectivity index (χ0) is 22.9. The average molecular weight is 436 g/mol. The number of ether oxygens (including phenoxy) is 1. The summed E-state index contributed by atoms with van der Waals surface area (Å²) in [6.07, 6.45) is 4.14. The van der Waals surface area contributed by atoms with Crippen LogP contribution in [-0.2, 0) is 12.1 Å². The second kappa shape index (κ2) is 8.78. The lowest BCUT2D eigenvalue weighted by Gasteiger charge is -2.51. The lowest BCUT2D eigenvalue weighted by Crippen LogP contribution is -2.57. The fourth-order valence-electron chi connectivity index (χ4n) is 5.97. The maximum Gasteiger partial charge on any atom is 0.321 e. The summed E-state index contributed by atoms with van der Waals surface area (Å²) in [7, 11) is 6.07. The van der Waals surface area contributed by atoms with Crippen LogP contribution in [0.3, 0.4) is 0 Å². The molecule has 4 rings (SSSR count). The van der Waals surface area contributed by atoms with Gasteiger partial charge in [-0.1, -0.05) is 42.5 Å². The molecule has 32 heavy (non-hydrogen) atoms.